The number of sulfonamides is 1. The van der Waals surface area contributed by atoms with Gasteiger partial charge in [0.2, 0.25) is 0 Å². The van der Waals surface area contributed by atoms with Crippen LogP contribution in [0.3, 0.4) is 0 Å². The number of rotatable bonds is 4. The normalized spacial score (nSPS) is 12.6. The summed E-state index contributed by atoms with van der Waals surface area (Å²) in [6.45, 7) is 7.84. The van der Waals surface area contributed by atoms with E-state index in [2.05, 4.69) is 9.93 Å². The number of phenolic OH excluding ortho intramolecular Hbond substituents is 1. The van der Waals surface area contributed by atoms with Crippen molar-refractivity contribution in [3.8, 4) is 5.75 Å². The molecule has 28 heavy (non-hydrogen) atoms. The molecule has 0 aliphatic rings. The van der Waals surface area contributed by atoms with Crippen LogP contribution in [0, 0.1) is 6.92 Å². The highest BCUT2D eigenvalue weighted by Crippen LogP contribution is 2.27. The standard InChI is InChI=1S/C22H24N2O3S/c1-15-9-11-17(22(2,3)4)13-21(15)28(26,27)24-23-14-19-18-8-6-5-7-16(18)10-12-20(19)25/h5-14,24-25H,1-4H3/b23-14+. The predicted octanol–water partition coefficient (Wildman–Crippen LogP) is 4.46. The number of hydrogen-bond acceptors (Lipinski definition) is 4. The third kappa shape index (κ3) is 4.02. The van der Waals surface area contributed by atoms with Crippen molar-refractivity contribution in [3.63, 3.8) is 0 Å². The summed E-state index contributed by atoms with van der Waals surface area (Å²) < 4.78 is 25.6. The average molecular weight is 397 g/mol. The molecule has 3 rings (SSSR count). The Hall–Kier alpha value is -2.86. The van der Waals surface area contributed by atoms with E-state index in [1.165, 1.54) is 6.21 Å². The van der Waals surface area contributed by atoms with Crippen molar-refractivity contribution in [1.82, 2.24) is 4.83 Å². The quantitative estimate of drug-likeness (QED) is 0.505. The van der Waals surface area contributed by atoms with Crippen LogP contribution in [0.5, 0.6) is 5.75 Å². The Balaban J connectivity index is 1.94. The maximum absolute atomic E-state index is 12.8. The maximum Gasteiger partial charge on any atom is 0.276 e. The van der Waals surface area contributed by atoms with E-state index in [0.717, 1.165) is 16.3 Å². The summed E-state index contributed by atoms with van der Waals surface area (Å²) in [5, 5.41) is 15.8. The average Bonchev–Trinajstić information content (AvgIpc) is 2.62. The van der Waals surface area contributed by atoms with Gasteiger partial charge in [-0.3, -0.25) is 0 Å². The highest BCUT2D eigenvalue weighted by molar-refractivity contribution is 7.89. The molecule has 0 aromatic heterocycles. The van der Waals surface area contributed by atoms with Crippen LogP contribution in [0.15, 0.2) is 64.6 Å². The van der Waals surface area contributed by atoms with Gasteiger partial charge in [-0.1, -0.05) is 63.2 Å². The predicted molar refractivity (Wildman–Crippen MR) is 113 cm³/mol. The van der Waals surface area contributed by atoms with Crippen molar-refractivity contribution in [2.75, 3.05) is 0 Å². The van der Waals surface area contributed by atoms with Gasteiger partial charge in [-0.05, 0) is 46.4 Å². The summed E-state index contributed by atoms with van der Waals surface area (Å²) in [4.78, 5) is 2.46. The molecule has 2 N–H and O–H groups in total. The number of aromatic hydroxyl groups is 1. The maximum atomic E-state index is 12.8. The molecule has 5 nitrogen and oxygen atoms in total. The van der Waals surface area contributed by atoms with Gasteiger partial charge in [0.15, 0.2) is 0 Å². The van der Waals surface area contributed by atoms with Crippen LogP contribution in [0.4, 0.5) is 0 Å². The fourth-order valence-electron chi connectivity index (χ4n) is 2.99. The van der Waals surface area contributed by atoms with Crippen molar-refractivity contribution < 1.29 is 13.5 Å². The molecule has 3 aromatic carbocycles. The second-order valence-corrected chi connectivity index (χ2v) is 9.43. The first kappa shape index (κ1) is 19.9. The van der Waals surface area contributed by atoms with E-state index in [0.29, 0.717) is 11.1 Å². The summed E-state index contributed by atoms with van der Waals surface area (Å²) in [6.07, 6.45) is 1.33. The Labute approximate surface area is 165 Å². The van der Waals surface area contributed by atoms with Gasteiger partial charge < -0.3 is 5.11 Å². The van der Waals surface area contributed by atoms with Crippen molar-refractivity contribution in [2.24, 2.45) is 5.10 Å². The molecule has 0 bridgehead atoms. The van der Waals surface area contributed by atoms with E-state index < -0.39 is 10.0 Å². The van der Waals surface area contributed by atoms with Crippen molar-refractivity contribution in [1.29, 1.82) is 0 Å². The van der Waals surface area contributed by atoms with Crippen LogP contribution in [-0.4, -0.2) is 19.7 Å². The number of phenols is 1. The number of hydrazone groups is 1. The minimum Gasteiger partial charge on any atom is -0.507 e. The highest BCUT2D eigenvalue weighted by Gasteiger charge is 2.21. The van der Waals surface area contributed by atoms with Crippen molar-refractivity contribution in [2.45, 2.75) is 38.0 Å². The van der Waals surface area contributed by atoms with E-state index in [1.807, 2.05) is 51.1 Å². The lowest BCUT2D eigenvalue weighted by atomic mass is 9.87. The molecule has 6 heteroatoms. The number of fused-ring (bicyclic) bond motifs is 1. The monoisotopic (exact) mass is 396 g/mol. The topological polar surface area (TPSA) is 78.8 Å². The second-order valence-electron chi connectivity index (χ2n) is 7.80. The molecular weight excluding hydrogens is 372 g/mol. The highest BCUT2D eigenvalue weighted by atomic mass is 32.2. The van der Waals surface area contributed by atoms with E-state index >= 15 is 0 Å². The smallest absolute Gasteiger partial charge is 0.276 e. The van der Waals surface area contributed by atoms with Gasteiger partial charge in [0, 0.05) is 5.56 Å². The fraction of sp³-hybridized carbons (Fsp3) is 0.227. The molecule has 146 valence electrons. The molecule has 0 unspecified atom stereocenters. The SMILES string of the molecule is Cc1ccc(C(C)(C)C)cc1S(=O)(=O)N/N=C/c1c(O)ccc2ccccc12. The zero-order valence-electron chi connectivity index (χ0n) is 16.4. The number of benzene rings is 3. The lowest BCUT2D eigenvalue weighted by Crippen LogP contribution is -2.21. The number of nitrogens with zero attached hydrogens (tertiary/aromatic N) is 1. The molecular formula is C22H24N2O3S. The van der Waals surface area contributed by atoms with Gasteiger partial charge in [0.05, 0.1) is 11.1 Å². The van der Waals surface area contributed by atoms with Crippen LogP contribution in [-0.2, 0) is 15.4 Å². The Bertz CT molecular complexity index is 1160. The lowest BCUT2D eigenvalue weighted by Gasteiger charge is -2.20. The molecule has 0 fully saturated rings. The molecule has 0 amide bonds. The molecule has 0 heterocycles. The first-order chi connectivity index (χ1) is 13.1. The summed E-state index contributed by atoms with van der Waals surface area (Å²) in [5.41, 5.74) is 1.86. The third-order valence-electron chi connectivity index (χ3n) is 4.66. The first-order valence-corrected chi connectivity index (χ1v) is 10.4. The third-order valence-corrected chi connectivity index (χ3v) is 6.02. The van der Waals surface area contributed by atoms with Crippen molar-refractivity contribution in [3.05, 3.63) is 71.3 Å². The fourth-order valence-corrected chi connectivity index (χ4v) is 4.05. The zero-order chi connectivity index (χ0) is 20.5. The van der Waals surface area contributed by atoms with E-state index in [-0.39, 0.29) is 16.1 Å². The molecule has 0 atom stereocenters. The van der Waals surface area contributed by atoms with Crippen molar-refractivity contribution >= 4 is 27.0 Å². The van der Waals surface area contributed by atoms with Gasteiger partial charge in [-0.25, -0.2) is 4.83 Å². The van der Waals surface area contributed by atoms with Crippen LogP contribution in [0.25, 0.3) is 10.8 Å². The molecule has 0 aliphatic heterocycles. The summed E-state index contributed by atoms with van der Waals surface area (Å²) in [5.74, 6) is 0.0348. The molecule has 0 saturated heterocycles. The van der Waals surface area contributed by atoms with Crippen LogP contribution >= 0.6 is 0 Å². The Kier molecular flexibility index (Phi) is 5.17. The summed E-state index contributed by atoms with van der Waals surface area (Å²) in [7, 11) is -3.84. The van der Waals surface area contributed by atoms with Gasteiger partial charge in [0.1, 0.15) is 5.75 Å². The number of nitrogens with one attached hydrogen (secondary N) is 1. The van der Waals surface area contributed by atoms with E-state index in [9.17, 15) is 13.5 Å². The molecule has 0 spiro atoms. The number of aryl methyl sites for hydroxylation is 1. The minimum absolute atomic E-state index is 0.0348. The van der Waals surface area contributed by atoms with Gasteiger partial charge in [0.25, 0.3) is 10.0 Å². The second kappa shape index (κ2) is 7.28. The number of hydrogen-bond donors (Lipinski definition) is 2. The van der Waals surface area contributed by atoms with E-state index in [4.69, 9.17) is 0 Å². The Morgan fingerprint density at radius 1 is 1.04 bits per heavy atom. The minimum atomic E-state index is -3.84. The van der Waals surface area contributed by atoms with Gasteiger partial charge in [-0.2, -0.15) is 13.5 Å². The summed E-state index contributed by atoms with van der Waals surface area (Å²) >= 11 is 0. The van der Waals surface area contributed by atoms with Crippen LogP contribution in [0.2, 0.25) is 0 Å². The largest absolute Gasteiger partial charge is 0.507 e. The Morgan fingerprint density at radius 2 is 1.75 bits per heavy atom. The molecule has 0 aliphatic carbocycles. The Morgan fingerprint density at radius 3 is 2.46 bits per heavy atom. The van der Waals surface area contributed by atoms with E-state index in [1.54, 1.807) is 31.2 Å². The molecule has 0 saturated carbocycles. The lowest BCUT2D eigenvalue weighted by molar-refractivity contribution is 0.475. The van der Waals surface area contributed by atoms with Gasteiger partial charge >= 0.3 is 0 Å². The van der Waals surface area contributed by atoms with Crippen LogP contribution in [0.1, 0.15) is 37.5 Å². The zero-order valence-corrected chi connectivity index (χ0v) is 17.2. The molecule has 3 aromatic rings. The van der Waals surface area contributed by atoms with Gasteiger partial charge in [-0.15, -0.1) is 0 Å². The van der Waals surface area contributed by atoms with Crippen LogP contribution < -0.4 is 4.83 Å². The molecule has 0 radical (unpaired) electrons. The summed E-state index contributed by atoms with van der Waals surface area (Å²) in [6, 6.07) is 16.3. The first-order valence-electron chi connectivity index (χ1n) is 8.96.